The van der Waals surface area contributed by atoms with Crippen LogP contribution in [0.2, 0.25) is 0 Å². The molecule has 4 rings (SSSR count). The smallest absolute Gasteiger partial charge is 0.263 e. The fourth-order valence-corrected chi connectivity index (χ4v) is 4.54. The summed E-state index contributed by atoms with van der Waals surface area (Å²) in [7, 11) is 0. The Bertz CT molecular complexity index is 897. The van der Waals surface area contributed by atoms with Crippen molar-refractivity contribution in [3.63, 3.8) is 0 Å². The van der Waals surface area contributed by atoms with Gasteiger partial charge in [0.2, 0.25) is 5.91 Å². The lowest BCUT2D eigenvalue weighted by Gasteiger charge is -2.31. The van der Waals surface area contributed by atoms with E-state index in [0.717, 1.165) is 21.1 Å². The Kier molecular flexibility index (Phi) is 5.31. The zero-order valence-corrected chi connectivity index (χ0v) is 16.3. The first-order valence-corrected chi connectivity index (χ1v) is 10.6. The Balaban J connectivity index is 1.31. The SMILES string of the molecule is O=C(Nc1ccc(-c2nccs2)cc1)C1CCN(C(=O)c2cccs2)CC1. The highest BCUT2D eigenvalue weighted by molar-refractivity contribution is 7.13. The molecule has 0 unspecified atom stereocenters. The molecular weight excluding hydrogens is 378 g/mol. The summed E-state index contributed by atoms with van der Waals surface area (Å²) >= 11 is 3.05. The number of carbonyl (C=O) groups is 2. The lowest BCUT2D eigenvalue weighted by atomic mass is 9.95. The van der Waals surface area contributed by atoms with Crippen molar-refractivity contribution in [1.82, 2.24) is 9.88 Å². The Morgan fingerprint density at radius 1 is 1.04 bits per heavy atom. The second-order valence-corrected chi connectivity index (χ2v) is 8.29. The molecule has 0 saturated carbocycles. The van der Waals surface area contributed by atoms with Crippen molar-refractivity contribution >= 4 is 40.2 Å². The fourth-order valence-electron chi connectivity index (χ4n) is 3.21. The quantitative estimate of drug-likeness (QED) is 0.711. The second kappa shape index (κ2) is 8.02. The van der Waals surface area contributed by atoms with Crippen molar-refractivity contribution in [3.05, 3.63) is 58.2 Å². The molecule has 1 fully saturated rings. The number of thiophene rings is 1. The number of aromatic nitrogens is 1. The van der Waals surface area contributed by atoms with E-state index in [9.17, 15) is 9.59 Å². The number of nitrogens with one attached hydrogen (secondary N) is 1. The van der Waals surface area contributed by atoms with Gasteiger partial charge < -0.3 is 10.2 Å². The first kappa shape index (κ1) is 17.9. The largest absolute Gasteiger partial charge is 0.338 e. The predicted octanol–water partition coefficient (Wildman–Crippen LogP) is 4.36. The van der Waals surface area contributed by atoms with Gasteiger partial charge in [0.1, 0.15) is 5.01 Å². The number of rotatable bonds is 4. The van der Waals surface area contributed by atoms with Crippen LogP contribution in [-0.2, 0) is 4.79 Å². The lowest BCUT2D eigenvalue weighted by Crippen LogP contribution is -2.41. The molecule has 3 heterocycles. The van der Waals surface area contributed by atoms with E-state index in [-0.39, 0.29) is 17.7 Å². The third-order valence-corrected chi connectivity index (χ3v) is 6.40. The van der Waals surface area contributed by atoms with Crippen LogP contribution in [0.5, 0.6) is 0 Å². The molecule has 27 heavy (non-hydrogen) atoms. The highest BCUT2D eigenvalue weighted by atomic mass is 32.1. The maximum absolute atomic E-state index is 12.6. The van der Waals surface area contributed by atoms with Gasteiger partial charge in [-0.3, -0.25) is 9.59 Å². The molecule has 1 aromatic carbocycles. The van der Waals surface area contributed by atoms with E-state index in [2.05, 4.69) is 10.3 Å². The van der Waals surface area contributed by atoms with Gasteiger partial charge in [0.05, 0.1) is 4.88 Å². The fraction of sp³-hybridized carbons (Fsp3) is 0.250. The molecular formula is C20H19N3O2S2. The number of nitrogens with zero attached hydrogens (tertiary/aromatic N) is 2. The summed E-state index contributed by atoms with van der Waals surface area (Å²) in [5.74, 6) is 0.0397. The molecule has 0 atom stereocenters. The minimum absolute atomic E-state index is 0.0280. The third-order valence-electron chi connectivity index (χ3n) is 4.72. The van der Waals surface area contributed by atoms with Crippen LogP contribution >= 0.6 is 22.7 Å². The average molecular weight is 398 g/mol. The molecule has 0 spiro atoms. The lowest BCUT2D eigenvalue weighted by molar-refractivity contribution is -0.121. The Morgan fingerprint density at radius 3 is 2.44 bits per heavy atom. The number of carbonyl (C=O) groups excluding carboxylic acids is 2. The summed E-state index contributed by atoms with van der Waals surface area (Å²) in [6, 6.07) is 11.5. The first-order valence-electron chi connectivity index (χ1n) is 8.84. The van der Waals surface area contributed by atoms with Crippen LogP contribution in [0, 0.1) is 5.92 Å². The van der Waals surface area contributed by atoms with Crippen molar-refractivity contribution in [3.8, 4) is 10.6 Å². The average Bonchev–Trinajstić information content (AvgIpc) is 3.42. The van der Waals surface area contributed by atoms with Gasteiger partial charge >= 0.3 is 0 Å². The monoisotopic (exact) mass is 397 g/mol. The number of amides is 2. The minimum atomic E-state index is -0.0592. The van der Waals surface area contributed by atoms with E-state index in [1.54, 1.807) is 17.5 Å². The van der Waals surface area contributed by atoms with Gasteiger partial charge in [-0.15, -0.1) is 22.7 Å². The van der Waals surface area contributed by atoms with Crippen LogP contribution < -0.4 is 5.32 Å². The summed E-state index contributed by atoms with van der Waals surface area (Å²) in [5, 5.41) is 7.82. The molecule has 2 aromatic heterocycles. The molecule has 7 heteroatoms. The van der Waals surface area contributed by atoms with Crippen LogP contribution in [-0.4, -0.2) is 34.8 Å². The van der Waals surface area contributed by atoms with Gasteiger partial charge in [-0.2, -0.15) is 0 Å². The third kappa shape index (κ3) is 4.09. The topological polar surface area (TPSA) is 62.3 Å². The first-order chi connectivity index (χ1) is 13.2. The van der Waals surface area contributed by atoms with Crippen molar-refractivity contribution < 1.29 is 9.59 Å². The molecule has 5 nitrogen and oxygen atoms in total. The molecule has 0 bridgehead atoms. The Morgan fingerprint density at radius 2 is 1.81 bits per heavy atom. The van der Waals surface area contributed by atoms with Gasteiger partial charge in [-0.1, -0.05) is 6.07 Å². The minimum Gasteiger partial charge on any atom is -0.338 e. The molecule has 1 aliphatic heterocycles. The number of thiazole rings is 1. The van der Waals surface area contributed by atoms with Gasteiger partial charge in [0.15, 0.2) is 0 Å². The van der Waals surface area contributed by atoms with Crippen LogP contribution in [0.1, 0.15) is 22.5 Å². The normalized spacial score (nSPS) is 14.9. The van der Waals surface area contributed by atoms with Gasteiger partial charge in [-0.25, -0.2) is 4.98 Å². The number of hydrogen-bond donors (Lipinski definition) is 1. The van der Waals surface area contributed by atoms with Crippen molar-refractivity contribution in [2.45, 2.75) is 12.8 Å². The highest BCUT2D eigenvalue weighted by Gasteiger charge is 2.28. The van der Waals surface area contributed by atoms with Crippen molar-refractivity contribution in [2.75, 3.05) is 18.4 Å². The molecule has 0 aliphatic carbocycles. The standard InChI is InChI=1S/C20H19N3O2S2/c24-18(22-16-5-3-15(4-6-16)19-21-9-13-27-19)14-7-10-23(11-8-14)20(25)17-2-1-12-26-17/h1-6,9,12-14H,7-8,10-11H2,(H,22,24). The summed E-state index contributed by atoms with van der Waals surface area (Å²) in [6.07, 6.45) is 3.17. The number of hydrogen-bond acceptors (Lipinski definition) is 5. The van der Waals surface area contributed by atoms with E-state index in [1.165, 1.54) is 11.3 Å². The number of benzene rings is 1. The number of likely N-dealkylation sites (tertiary alicyclic amines) is 1. The maximum Gasteiger partial charge on any atom is 0.263 e. The van der Waals surface area contributed by atoms with Gasteiger partial charge in [-0.05, 0) is 48.6 Å². The Hall–Kier alpha value is -2.51. The predicted molar refractivity (Wildman–Crippen MR) is 109 cm³/mol. The van der Waals surface area contributed by atoms with E-state index >= 15 is 0 Å². The zero-order chi connectivity index (χ0) is 18.6. The zero-order valence-electron chi connectivity index (χ0n) is 14.6. The van der Waals surface area contributed by atoms with Crippen LogP contribution in [0.25, 0.3) is 10.6 Å². The van der Waals surface area contributed by atoms with Gasteiger partial charge in [0, 0.05) is 41.8 Å². The van der Waals surface area contributed by atoms with Crippen LogP contribution in [0.15, 0.2) is 53.4 Å². The molecule has 138 valence electrons. The van der Waals surface area contributed by atoms with Crippen LogP contribution in [0.4, 0.5) is 5.69 Å². The van der Waals surface area contributed by atoms with E-state index in [1.807, 2.05) is 52.1 Å². The Labute approximate surface area is 165 Å². The van der Waals surface area contributed by atoms with Crippen molar-refractivity contribution in [2.24, 2.45) is 5.92 Å². The summed E-state index contributed by atoms with van der Waals surface area (Å²) < 4.78 is 0. The number of piperidine rings is 1. The van der Waals surface area contributed by atoms with E-state index in [0.29, 0.717) is 25.9 Å². The van der Waals surface area contributed by atoms with E-state index in [4.69, 9.17) is 0 Å². The van der Waals surface area contributed by atoms with Gasteiger partial charge in [0.25, 0.3) is 5.91 Å². The summed E-state index contributed by atoms with van der Waals surface area (Å²) in [5.41, 5.74) is 1.83. The van der Waals surface area contributed by atoms with Crippen LogP contribution in [0.3, 0.4) is 0 Å². The highest BCUT2D eigenvalue weighted by Crippen LogP contribution is 2.25. The van der Waals surface area contributed by atoms with Crippen molar-refractivity contribution in [1.29, 1.82) is 0 Å². The van der Waals surface area contributed by atoms with E-state index < -0.39 is 0 Å². The maximum atomic E-state index is 12.6. The number of anilines is 1. The molecule has 0 radical (unpaired) electrons. The summed E-state index contributed by atoms with van der Waals surface area (Å²) in [6.45, 7) is 1.25. The molecule has 2 amide bonds. The molecule has 1 N–H and O–H groups in total. The molecule has 3 aromatic rings. The molecule has 1 aliphatic rings. The second-order valence-electron chi connectivity index (χ2n) is 6.45. The molecule has 1 saturated heterocycles. The summed E-state index contributed by atoms with van der Waals surface area (Å²) in [4.78, 5) is 31.9.